The predicted molar refractivity (Wildman–Crippen MR) is 57.3 cm³/mol. The normalized spacial score (nSPS) is 11.1. The van der Waals surface area contributed by atoms with Crippen molar-refractivity contribution in [3.8, 4) is 0 Å². The molecule has 2 rings (SSSR count). The number of carboxylic acids is 1. The lowest BCUT2D eigenvalue weighted by Crippen LogP contribution is -1.94. The van der Waals surface area contributed by atoms with Gasteiger partial charge in [-0.15, -0.1) is 0 Å². The maximum absolute atomic E-state index is 10.9. The van der Waals surface area contributed by atoms with Gasteiger partial charge < -0.3 is 9.52 Å². The maximum atomic E-state index is 10.9. The zero-order valence-corrected chi connectivity index (χ0v) is 8.65. The zero-order chi connectivity index (χ0) is 11.0. The first-order valence-corrected chi connectivity index (χ1v) is 4.84. The second kappa shape index (κ2) is 3.42. The Morgan fingerprint density at radius 3 is 2.73 bits per heavy atom. The van der Waals surface area contributed by atoms with Crippen molar-refractivity contribution in [3.05, 3.63) is 35.6 Å². The van der Waals surface area contributed by atoms with Gasteiger partial charge in [-0.3, -0.25) is 0 Å². The largest absolute Gasteiger partial charge is 0.478 e. The van der Waals surface area contributed by atoms with Gasteiger partial charge in [0.2, 0.25) is 0 Å². The summed E-state index contributed by atoms with van der Waals surface area (Å²) in [6, 6.07) is 5.59. The summed E-state index contributed by atoms with van der Waals surface area (Å²) in [7, 11) is 0. The second-order valence-corrected chi connectivity index (χ2v) is 3.83. The van der Waals surface area contributed by atoms with E-state index < -0.39 is 5.97 Å². The molecule has 2 aromatic rings. The Balaban J connectivity index is 2.74. The minimum atomic E-state index is -0.949. The Bertz CT molecular complexity index is 509. The first-order chi connectivity index (χ1) is 7.11. The number of carbonyl (C=O) groups is 1. The highest BCUT2D eigenvalue weighted by Gasteiger charge is 2.15. The molecule has 15 heavy (non-hydrogen) atoms. The highest BCUT2D eigenvalue weighted by atomic mass is 16.4. The first kappa shape index (κ1) is 9.77. The molecule has 0 aliphatic carbocycles. The summed E-state index contributed by atoms with van der Waals surface area (Å²) in [5, 5.41) is 9.62. The summed E-state index contributed by atoms with van der Waals surface area (Å²) < 4.78 is 5.32. The summed E-state index contributed by atoms with van der Waals surface area (Å²) in [5.41, 5.74) is 1.96. The van der Waals surface area contributed by atoms with Gasteiger partial charge in [0, 0.05) is 5.39 Å². The number of benzene rings is 1. The van der Waals surface area contributed by atoms with Gasteiger partial charge >= 0.3 is 5.97 Å². The van der Waals surface area contributed by atoms with E-state index >= 15 is 0 Å². The number of carboxylic acid groups (broad SMARTS) is 1. The van der Waals surface area contributed by atoms with Crippen LogP contribution in [0.4, 0.5) is 0 Å². The molecule has 0 spiro atoms. The minimum absolute atomic E-state index is 0.229. The van der Waals surface area contributed by atoms with Crippen LogP contribution in [-0.2, 0) is 0 Å². The van der Waals surface area contributed by atoms with Crippen molar-refractivity contribution in [2.24, 2.45) is 0 Å². The zero-order valence-electron chi connectivity index (χ0n) is 8.65. The molecule has 0 unspecified atom stereocenters. The molecule has 0 aliphatic heterocycles. The first-order valence-electron chi connectivity index (χ1n) is 4.84. The van der Waals surface area contributed by atoms with Gasteiger partial charge in [-0.1, -0.05) is 32.0 Å². The van der Waals surface area contributed by atoms with E-state index in [0.717, 1.165) is 5.56 Å². The van der Waals surface area contributed by atoms with Crippen LogP contribution in [0.3, 0.4) is 0 Å². The van der Waals surface area contributed by atoms with Gasteiger partial charge in [-0.25, -0.2) is 4.79 Å². The average molecular weight is 204 g/mol. The molecule has 78 valence electrons. The molecule has 1 aromatic heterocycles. The van der Waals surface area contributed by atoms with Crippen molar-refractivity contribution in [2.45, 2.75) is 19.8 Å². The van der Waals surface area contributed by atoms with Crippen molar-refractivity contribution >= 4 is 16.9 Å². The van der Waals surface area contributed by atoms with Crippen LogP contribution in [0.15, 0.2) is 28.9 Å². The highest BCUT2D eigenvalue weighted by molar-refractivity contribution is 6.02. The van der Waals surface area contributed by atoms with Gasteiger partial charge in [-0.2, -0.15) is 0 Å². The Morgan fingerprint density at radius 1 is 1.40 bits per heavy atom. The molecule has 0 atom stereocenters. The molecule has 1 N–H and O–H groups in total. The molecule has 3 heteroatoms. The van der Waals surface area contributed by atoms with Gasteiger partial charge in [0.1, 0.15) is 17.4 Å². The fourth-order valence-electron chi connectivity index (χ4n) is 1.70. The van der Waals surface area contributed by atoms with Crippen LogP contribution in [0.5, 0.6) is 0 Å². The number of para-hydroxylation sites is 1. The molecule has 0 bridgehead atoms. The van der Waals surface area contributed by atoms with Crippen LogP contribution >= 0.6 is 0 Å². The number of hydrogen-bond acceptors (Lipinski definition) is 2. The van der Waals surface area contributed by atoms with E-state index in [-0.39, 0.29) is 5.56 Å². The summed E-state index contributed by atoms with van der Waals surface area (Å²) in [5.74, 6) is -0.629. The van der Waals surface area contributed by atoms with E-state index in [1.54, 1.807) is 6.07 Å². The number of furan rings is 1. The van der Waals surface area contributed by atoms with Gasteiger partial charge in [0.15, 0.2) is 0 Å². The number of rotatable bonds is 2. The quantitative estimate of drug-likeness (QED) is 0.816. The number of hydrogen-bond donors (Lipinski definition) is 1. The van der Waals surface area contributed by atoms with E-state index in [0.29, 0.717) is 16.9 Å². The highest BCUT2D eigenvalue weighted by Crippen LogP contribution is 2.28. The monoisotopic (exact) mass is 204 g/mol. The molecule has 0 saturated heterocycles. The van der Waals surface area contributed by atoms with Crippen molar-refractivity contribution in [1.82, 2.24) is 0 Å². The molecule has 0 fully saturated rings. The third-order valence-electron chi connectivity index (χ3n) is 2.48. The molecule has 0 amide bonds. The van der Waals surface area contributed by atoms with E-state index in [9.17, 15) is 4.79 Å². The smallest absolute Gasteiger partial charge is 0.339 e. The van der Waals surface area contributed by atoms with E-state index in [2.05, 4.69) is 13.8 Å². The summed E-state index contributed by atoms with van der Waals surface area (Å²) in [6.07, 6.45) is 1.30. The van der Waals surface area contributed by atoms with Crippen LogP contribution in [0.25, 0.3) is 11.0 Å². The Morgan fingerprint density at radius 2 is 2.13 bits per heavy atom. The number of fused-ring (bicyclic) bond motifs is 1. The minimum Gasteiger partial charge on any atom is -0.478 e. The molecular formula is C12H12O3. The predicted octanol–water partition coefficient (Wildman–Crippen LogP) is 3.25. The van der Waals surface area contributed by atoms with Crippen molar-refractivity contribution < 1.29 is 14.3 Å². The van der Waals surface area contributed by atoms with Crippen LogP contribution in [0, 0.1) is 0 Å². The molecule has 1 heterocycles. The molecule has 0 aliphatic rings. The topological polar surface area (TPSA) is 50.4 Å². The molecular weight excluding hydrogens is 192 g/mol. The van der Waals surface area contributed by atoms with E-state index in [4.69, 9.17) is 9.52 Å². The Hall–Kier alpha value is -1.77. The lowest BCUT2D eigenvalue weighted by molar-refractivity contribution is 0.0698. The number of aromatic carboxylic acids is 1. The molecule has 0 radical (unpaired) electrons. The third kappa shape index (κ3) is 1.50. The van der Waals surface area contributed by atoms with Crippen LogP contribution in [-0.4, -0.2) is 11.1 Å². The lowest BCUT2D eigenvalue weighted by Gasteiger charge is -2.04. The second-order valence-electron chi connectivity index (χ2n) is 3.83. The fraction of sp³-hybridized carbons (Fsp3) is 0.250. The van der Waals surface area contributed by atoms with Gasteiger partial charge in [0.25, 0.3) is 0 Å². The van der Waals surface area contributed by atoms with Crippen LogP contribution < -0.4 is 0 Å². The van der Waals surface area contributed by atoms with E-state index in [1.807, 2.05) is 12.1 Å². The Labute approximate surface area is 87.3 Å². The van der Waals surface area contributed by atoms with Crippen molar-refractivity contribution in [3.63, 3.8) is 0 Å². The van der Waals surface area contributed by atoms with Gasteiger partial charge in [0.05, 0.1) is 0 Å². The van der Waals surface area contributed by atoms with Gasteiger partial charge in [-0.05, 0) is 11.5 Å². The summed E-state index contributed by atoms with van der Waals surface area (Å²) in [4.78, 5) is 10.9. The lowest BCUT2D eigenvalue weighted by atomic mass is 10.0. The Kier molecular flexibility index (Phi) is 2.23. The van der Waals surface area contributed by atoms with Crippen LogP contribution in [0.1, 0.15) is 35.7 Å². The van der Waals surface area contributed by atoms with Crippen LogP contribution in [0.2, 0.25) is 0 Å². The maximum Gasteiger partial charge on any atom is 0.339 e. The molecule has 3 nitrogen and oxygen atoms in total. The summed E-state index contributed by atoms with van der Waals surface area (Å²) in [6.45, 7) is 4.11. The fourth-order valence-corrected chi connectivity index (χ4v) is 1.70. The summed E-state index contributed by atoms with van der Waals surface area (Å²) >= 11 is 0. The molecule has 1 aromatic carbocycles. The van der Waals surface area contributed by atoms with E-state index in [1.165, 1.54) is 6.26 Å². The van der Waals surface area contributed by atoms with Crippen molar-refractivity contribution in [2.75, 3.05) is 0 Å². The average Bonchev–Trinajstić information content (AvgIpc) is 2.59. The third-order valence-corrected chi connectivity index (χ3v) is 2.48. The molecule has 0 saturated carbocycles. The standard InChI is InChI=1S/C12H12O3/c1-7(2)8-4-3-5-9-10(12(13)14)6-15-11(8)9/h3-7H,1-2H3,(H,13,14). The van der Waals surface area contributed by atoms with Crippen molar-refractivity contribution in [1.29, 1.82) is 0 Å². The SMILES string of the molecule is CC(C)c1cccc2c(C(=O)O)coc12.